The van der Waals surface area contributed by atoms with Crippen LogP contribution in [0, 0.1) is 0 Å². The first kappa shape index (κ1) is 13.6. The summed E-state index contributed by atoms with van der Waals surface area (Å²) in [5, 5.41) is 0. The molecule has 0 aliphatic heterocycles. The van der Waals surface area contributed by atoms with Crippen LogP contribution in [0.4, 0.5) is 5.69 Å². The lowest BCUT2D eigenvalue weighted by atomic mass is 10.2. The molecule has 5 heteroatoms. The van der Waals surface area contributed by atoms with Crippen molar-refractivity contribution in [2.24, 2.45) is 0 Å². The molecular formula is C14H15NO3S. The van der Waals surface area contributed by atoms with Crippen molar-refractivity contribution in [1.82, 2.24) is 0 Å². The van der Waals surface area contributed by atoms with Gasteiger partial charge in [-0.1, -0.05) is 48.5 Å². The predicted octanol–water partition coefficient (Wildman–Crippen LogP) is 2.58. The molecule has 0 heterocycles. The van der Waals surface area contributed by atoms with Crippen LogP contribution in [0.3, 0.4) is 0 Å². The average Bonchev–Trinajstić information content (AvgIpc) is 2.46. The molecule has 19 heavy (non-hydrogen) atoms. The van der Waals surface area contributed by atoms with Crippen molar-refractivity contribution in [1.29, 1.82) is 0 Å². The molecule has 0 aliphatic rings. The fraction of sp³-hybridized carbons (Fsp3) is 0.143. The van der Waals surface area contributed by atoms with Gasteiger partial charge in [-0.15, -0.1) is 0 Å². The van der Waals surface area contributed by atoms with Gasteiger partial charge >= 0.3 is 10.3 Å². The van der Waals surface area contributed by atoms with E-state index in [1.165, 1.54) is 7.05 Å². The van der Waals surface area contributed by atoms with Gasteiger partial charge in [-0.25, -0.2) is 4.18 Å². The van der Waals surface area contributed by atoms with E-state index in [0.717, 1.165) is 9.87 Å². The number of anilines is 1. The molecule has 0 amide bonds. The van der Waals surface area contributed by atoms with E-state index in [0.29, 0.717) is 5.69 Å². The first-order valence-electron chi connectivity index (χ1n) is 5.82. The smallest absolute Gasteiger partial charge is 0.251 e. The fourth-order valence-corrected chi connectivity index (χ4v) is 2.39. The SMILES string of the molecule is CN(c1ccccc1)S(=O)(=O)OCc1ccccc1. The summed E-state index contributed by atoms with van der Waals surface area (Å²) in [7, 11) is -2.31. The molecule has 0 aliphatic carbocycles. The molecule has 2 rings (SSSR count). The van der Waals surface area contributed by atoms with Gasteiger partial charge < -0.3 is 0 Å². The summed E-state index contributed by atoms with van der Waals surface area (Å²) >= 11 is 0. The third-order valence-electron chi connectivity index (χ3n) is 2.67. The molecule has 0 radical (unpaired) electrons. The predicted molar refractivity (Wildman–Crippen MR) is 75.0 cm³/mol. The first-order valence-corrected chi connectivity index (χ1v) is 7.18. The zero-order valence-electron chi connectivity index (χ0n) is 10.6. The molecule has 0 aromatic heterocycles. The van der Waals surface area contributed by atoms with Crippen LogP contribution in [0.2, 0.25) is 0 Å². The molecule has 100 valence electrons. The summed E-state index contributed by atoms with van der Waals surface area (Å²) in [6.07, 6.45) is 0. The number of hydrogen-bond donors (Lipinski definition) is 0. The topological polar surface area (TPSA) is 46.6 Å². The maximum atomic E-state index is 12.0. The Hall–Kier alpha value is -1.85. The highest BCUT2D eigenvalue weighted by atomic mass is 32.2. The monoisotopic (exact) mass is 277 g/mol. The van der Waals surface area contributed by atoms with Crippen molar-refractivity contribution >= 4 is 16.0 Å². The lowest BCUT2D eigenvalue weighted by Crippen LogP contribution is -2.28. The highest BCUT2D eigenvalue weighted by Crippen LogP contribution is 2.17. The third-order valence-corrected chi connectivity index (χ3v) is 3.97. The van der Waals surface area contributed by atoms with E-state index in [1.54, 1.807) is 24.3 Å². The van der Waals surface area contributed by atoms with Crippen LogP contribution in [-0.2, 0) is 21.1 Å². The second kappa shape index (κ2) is 5.86. The van der Waals surface area contributed by atoms with Crippen molar-refractivity contribution in [3.63, 3.8) is 0 Å². The summed E-state index contributed by atoms with van der Waals surface area (Å²) in [6, 6.07) is 18.0. The van der Waals surface area contributed by atoms with Gasteiger partial charge in [0.15, 0.2) is 0 Å². The second-order valence-corrected chi connectivity index (χ2v) is 5.65. The van der Waals surface area contributed by atoms with E-state index in [9.17, 15) is 8.42 Å². The number of para-hydroxylation sites is 1. The average molecular weight is 277 g/mol. The number of rotatable bonds is 5. The van der Waals surface area contributed by atoms with Gasteiger partial charge in [0.05, 0.1) is 12.3 Å². The van der Waals surface area contributed by atoms with Crippen molar-refractivity contribution in [2.45, 2.75) is 6.61 Å². The van der Waals surface area contributed by atoms with Gasteiger partial charge in [-0.2, -0.15) is 8.42 Å². The largest absolute Gasteiger partial charge is 0.362 e. The third kappa shape index (κ3) is 3.56. The van der Waals surface area contributed by atoms with Gasteiger partial charge in [0.25, 0.3) is 0 Å². The standard InChI is InChI=1S/C14H15NO3S/c1-15(14-10-6-3-7-11-14)19(16,17)18-12-13-8-4-2-5-9-13/h2-11H,12H2,1H3. The summed E-state index contributed by atoms with van der Waals surface area (Å²) in [4.78, 5) is 0. The highest BCUT2D eigenvalue weighted by molar-refractivity contribution is 7.88. The molecule has 4 nitrogen and oxygen atoms in total. The molecule has 0 spiro atoms. The van der Waals surface area contributed by atoms with E-state index < -0.39 is 10.3 Å². The quantitative estimate of drug-likeness (QED) is 0.844. The maximum Gasteiger partial charge on any atom is 0.362 e. The van der Waals surface area contributed by atoms with Crippen LogP contribution in [0.5, 0.6) is 0 Å². The normalized spacial score (nSPS) is 11.2. The van der Waals surface area contributed by atoms with Crippen LogP contribution in [-0.4, -0.2) is 15.5 Å². The Labute approximate surface area is 113 Å². The Morgan fingerprint density at radius 2 is 1.47 bits per heavy atom. The molecule has 0 saturated heterocycles. The Kier molecular flexibility index (Phi) is 4.19. The molecule has 0 saturated carbocycles. The van der Waals surface area contributed by atoms with Crippen molar-refractivity contribution in [2.75, 3.05) is 11.4 Å². The van der Waals surface area contributed by atoms with E-state index in [-0.39, 0.29) is 6.61 Å². The molecule has 0 fully saturated rings. The lowest BCUT2D eigenvalue weighted by Gasteiger charge is -2.18. The fourth-order valence-electron chi connectivity index (χ4n) is 1.56. The van der Waals surface area contributed by atoms with Gasteiger partial charge in [0.2, 0.25) is 0 Å². The first-order chi connectivity index (χ1) is 9.09. The summed E-state index contributed by atoms with van der Waals surface area (Å²) in [5.74, 6) is 0. The summed E-state index contributed by atoms with van der Waals surface area (Å²) in [5.41, 5.74) is 1.38. The van der Waals surface area contributed by atoms with Crippen LogP contribution in [0.1, 0.15) is 5.56 Å². The Bertz CT molecular complexity index is 612. The molecule has 2 aromatic rings. The Morgan fingerprint density at radius 3 is 2.05 bits per heavy atom. The van der Waals surface area contributed by atoms with E-state index in [2.05, 4.69) is 0 Å². The van der Waals surface area contributed by atoms with Crippen molar-refractivity contribution in [3.05, 3.63) is 66.2 Å². The summed E-state index contributed by atoms with van der Waals surface area (Å²) in [6.45, 7) is 0.0281. The zero-order valence-corrected chi connectivity index (χ0v) is 11.4. The van der Waals surface area contributed by atoms with Crippen LogP contribution < -0.4 is 4.31 Å². The van der Waals surface area contributed by atoms with E-state index in [4.69, 9.17) is 4.18 Å². The Morgan fingerprint density at radius 1 is 0.947 bits per heavy atom. The summed E-state index contributed by atoms with van der Waals surface area (Å²) < 4.78 is 30.2. The molecule has 2 aromatic carbocycles. The molecule has 0 bridgehead atoms. The number of hydrogen-bond acceptors (Lipinski definition) is 3. The zero-order chi connectivity index (χ0) is 13.7. The second-order valence-electron chi connectivity index (χ2n) is 4.01. The minimum atomic E-state index is -3.78. The van der Waals surface area contributed by atoms with Crippen LogP contribution in [0.25, 0.3) is 0 Å². The maximum absolute atomic E-state index is 12.0. The van der Waals surface area contributed by atoms with Crippen LogP contribution in [0.15, 0.2) is 60.7 Å². The molecular weight excluding hydrogens is 262 g/mol. The minimum absolute atomic E-state index is 0.0281. The molecule has 0 unspecified atom stereocenters. The van der Waals surface area contributed by atoms with Crippen molar-refractivity contribution in [3.8, 4) is 0 Å². The number of benzene rings is 2. The van der Waals surface area contributed by atoms with Gasteiger partial charge in [0.1, 0.15) is 0 Å². The van der Waals surface area contributed by atoms with Gasteiger partial charge in [-0.05, 0) is 17.7 Å². The Balaban J connectivity index is 2.07. The van der Waals surface area contributed by atoms with Gasteiger partial charge in [-0.3, -0.25) is 4.31 Å². The molecule has 0 N–H and O–H groups in total. The van der Waals surface area contributed by atoms with Gasteiger partial charge in [0, 0.05) is 7.05 Å². The van der Waals surface area contributed by atoms with E-state index >= 15 is 0 Å². The molecule has 0 atom stereocenters. The highest BCUT2D eigenvalue weighted by Gasteiger charge is 2.18. The lowest BCUT2D eigenvalue weighted by molar-refractivity contribution is 0.307. The van der Waals surface area contributed by atoms with E-state index in [1.807, 2.05) is 36.4 Å². The van der Waals surface area contributed by atoms with Crippen molar-refractivity contribution < 1.29 is 12.6 Å². The van der Waals surface area contributed by atoms with Crippen LogP contribution >= 0.6 is 0 Å². The minimum Gasteiger partial charge on any atom is -0.251 e. The number of nitrogens with zero attached hydrogens (tertiary/aromatic N) is 1.